The molecule has 1 aromatic rings. The van der Waals surface area contributed by atoms with Gasteiger partial charge in [-0.1, -0.05) is 0 Å². The molecule has 3 rings (SSSR count). The Hall–Kier alpha value is -2.44. The van der Waals surface area contributed by atoms with Gasteiger partial charge in [0.15, 0.2) is 11.5 Å². The second-order valence-corrected chi connectivity index (χ2v) is 5.11. The summed E-state index contributed by atoms with van der Waals surface area (Å²) >= 11 is 0. The van der Waals surface area contributed by atoms with Crippen LogP contribution in [0.4, 0.5) is 10.5 Å². The smallest absolute Gasteiger partial charge is 0.409 e. The van der Waals surface area contributed by atoms with Crippen LogP contribution in [0.1, 0.15) is 12.8 Å². The summed E-state index contributed by atoms with van der Waals surface area (Å²) in [6.45, 7) is 2.48. The van der Waals surface area contributed by atoms with Crippen LogP contribution in [0.2, 0.25) is 0 Å². The van der Waals surface area contributed by atoms with Crippen LogP contribution in [-0.2, 0) is 9.53 Å². The van der Waals surface area contributed by atoms with Gasteiger partial charge in [0, 0.05) is 31.3 Å². The lowest BCUT2D eigenvalue weighted by Crippen LogP contribution is -2.39. The number of nitrogens with zero attached hydrogens (tertiary/aromatic N) is 1. The van der Waals surface area contributed by atoms with Gasteiger partial charge in [0.2, 0.25) is 5.91 Å². The molecule has 0 atom stereocenters. The van der Waals surface area contributed by atoms with E-state index in [0.29, 0.717) is 50.1 Å². The van der Waals surface area contributed by atoms with E-state index in [1.54, 1.807) is 23.1 Å². The molecule has 0 saturated carbocycles. The van der Waals surface area contributed by atoms with E-state index < -0.39 is 0 Å². The van der Waals surface area contributed by atoms with Gasteiger partial charge in [-0.05, 0) is 18.6 Å². The number of rotatable bonds is 4. The Morgan fingerprint density at radius 2 is 1.95 bits per heavy atom. The molecular formula is C15H18N2O5. The summed E-state index contributed by atoms with van der Waals surface area (Å²) in [6.07, 6.45) is 0.678. The number of ether oxygens (including phenoxy) is 3. The van der Waals surface area contributed by atoms with Gasteiger partial charge in [-0.2, -0.15) is 0 Å². The fourth-order valence-electron chi connectivity index (χ4n) is 2.38. The molecule has 7 nitrogen and oxygen atoms in total. The van der Waals surface area contributed by atoms with Crippen molar-refractivity contribution in [3.8, 4) is 11.5 Å². The summed E-state index contributed by atoms with van der Waals surface area (Å²) in [5, 5.41) is 2.79. The van der Waals surface area contributed by atoms with Crippen molar-refractivity contribution in [2.75, 3.05) is 38.2 Å². The second-order valence-electron chi connectivity index (χ2n) is 5.11. The minimum Gasteiger partial charge on any atom is -0.486 e. The number of amides is 2. The highest BCUT2D eigenvalue weighted by Crippen LogP contribution is 2.32. The third-order valence-corrected chi connectivity index (χ3v) is 3.49. The van der Waals surface area contributed by atoms with E-state index in [9.17, 15) is 9.59 Å². The first-order valence-corrected chi connectivity index (χ1v) is 7.33. The predicted molar refractivity (Wildman–Crippen MR) is 78.2 cm³/mol. The lowest BCUT2D eigenvalue weighted by atomic mass is 10.2. The van der Waals surface area contributed by atoms with Crippen molar-refractivity contribution in [2.45, 2.75) is 12.8 Å². The molecule has 1 fully saturated rings. The standard InChI is InChI=1S/C15H18N2O5/c18-14(4-6-17-5-1-7-22-15(17)19)16-11-2-3-12-13(10-11)21-9-8-20-12/h2-3,10H,1,4-9H2,(H,16,18). The zero-order valence-electron chi connectivity index (χ0n) is 12.2. The second kappa shape index (κ2) is 6.55. The van der Waals surface area contributed by atoms with Crippen LogP contribution in [0, 0.1) is 0 Å². The highest BCUT2D eigenvalue weighted by atomic mass is 16.6. The summed E-state index contributed by atoms with van der Waals surface area (Å²) in [5.41, 5.74) is 0.649. The molecule has 1 N–H and O–H groups in total. The van der Waals surface area contributed by atoms with Gasteiger partial charge in [-0.3, -0.25) is 4.79 Å². The van der Waals surface area contributed by atoms with Gasteiger partial charge in [0.05, 0.1) is 6.61 Å². The van der Waals surface area contributed by atoms with Crippen molar-refractivity contribution in [3.63, 3.8) is 0 Å². The molecule has 0 aromatic heterocycles. The summed E-state index contributed by atoms with van der Waals surface area (Å²) in [5.74, 6) is 1.15. The number of hydrogen-bond acceptors (Lipinski definition) is 5. The third kappa shape index (κ3) is 3.41. The van der Waals surface area contributed by atoms with E-state index in [4.69, 9.17) is 14.2 Å². The average Bonchev–Trinajstić information content (AvgIpc) is 2.54. The SMILES string of the molecule is O=C(CCN1CCCOC1=O)Nc1ccc2c(c1)OCCO2. The molecule has 22 heavy (non-hydrogen) atoms. The van der Waals surface area contributed by atoms with Crippen LogP contribution in [0.15, 0.2) is 18.2 Å². The van der Waals surface area contributed by atoms with E-state index in [2.05, 4.69) is 5.32 Å². The van der Waals surface area contributed by atoms with Crippen molar-refractivity contribution in [3.05, 3.63) is 18.2 Å². The van der Waals surface area contributed by atoms with Crippen LogP contribution >= 0.6 is 0 Å². The van der Waals surface area contributed by atoms with Gasteiger partial charge in [0.25, 0.3) is 0 Å². The molecule has 2 aliphatic heterocycles. The van der Waals surface area contributed by atoms with Gasteiger partial charge in [-0.15, -0.1) is 0 Å². The maximum atomic E-state index is 12.0. The van der Waals surface area contributed by atoms with E-state index >= 15 is 0 Å². The lowest BCUT2D eigenvalue weighted by Gasteiger charge is -2.26. The number of hydrogen-bond donors (Lipinski definition) is 1. The maximum absolute atomic E-state index is 12.0. The Morgan fingerprint density at radius 3 is 2.77 bits per heavy atom. The number of cyclic esters (lactones) is 1. The Morgan fingerprint density at radius 1 is 1.14 bits per heavy atom. The number of carbonyl (C=O) groups excluding carboxylic acids is 2. The van der Waals surface area contributed by atoms with Gasteiger partial charge < -0.3 is 24.4 Å². The molecule has 1 saturated heterocycles. The van der Waals surface area contributed by atoms with E-state index in [0.717, 1.165) is 6.42 Å². The van der Waals surface area contributed by atoms with Crippen molar-refractivity contribution < 1.29 is 23.8 Å². The minimum atomic E-state index is -0.349. The fourth-order valence-corrected chi connectivity index (χ4v) is 2.38. The van der Waals surface area contributed by atoms with E-state index in [-0.39, 0.29) is 18.4 Å². The summed E-state index contributed by atoms with van der Waals surface area (Å²) in [6, 6.07) is 5.27. The van der Waals surface area contributed by atoms with Crippen LogP contribution in [0.5, 0.6) is 11.5 Å². The maximum Gasteiger partial charge on any atom is 0.409 e. The Balaban J connectivity index is 1.52. The van der Waals surface area contributed by atoms with Crippen molar-refractivity contribution >= 4 is 17.7 Å². The molecule has 0 unspecified atom stereocenters. The van der Waals surface area contributed by atoms with Gasteiger partial charge in [0.1, 0.15) is 13.2 Å². The number of carbonyl (C=O) groups is 2. The molecule has 2 amide bonds. The molecule has 1 aromatic carbocycles. The predicted octanol–water partition coefficient (Wildman–Crippen LogP) is 1.63. The highest BCUT2D eigenvalue weighted by molar-refractivity contribution is 5.91. The molecule has 2 aliphatic rings. The average molecular weight is 306 g/mol. The zero-order chi connectivity index (χ0) is 15.4. The quantitative estimate of drug-likeness (QED) is 0.915. The van der Waals surface area contributed by atoms with Crippen LogP contribution in [0.3, 0.4) is 0 Å². The molecular weight excluding hydrogens is 288 g/mol. The number of nitrogens with one attached hydrogen (secondary N) is 1. The number of benzene rings is 1. The summed E-state index contributed by atoms with van der Waals surface area (Å²) < 4.78 is 15.8. The van der Waals surface area contributed by atoms with Crippen LogP contribution in [-0.4, -0.2) is 49.8 Å². The van der Waals surface area contributed by atoms with Crippen LogP contribution < -0.4 is 14.8 Å². The highest BCUT2D eigenvalue weighted by Gasteiger charge is 2.20. The van der Waals surface area contributed by atoms with E-state index in [1.165, 1.54) is 0 Å². The van der Waals surface area contributed by atoms with Gasteiger partial charge >= 0.3 is 6.09 Å². The van der Waals surface area contributed by atoms with Crippen LogP contribution in [0.25, 0.3) is 0 Å². The topological polar surface area (TPSA) is 77.1 Å². The van der Waals surface area contributed by atoms with Crippen molar-refractivity contribution in [2.24, 2.45) is 0 Å². The monoisotopic (exact) mass is 306 g/mol. The first-order chi connectivity index (χ1) is 10.7. The van der Waals surface area contributed by atoms with Crippen molar-refractivity contribution in [1.82, 2.24) is 4.90 Å². The summed E-state index contributed by atoms with van der Waals surface area (Å²) in [7, 11) is 0. The zero-order valence-corrected chi connectivity index (χ0v) is 12.2. The first-order valence-electron chi connectivity index (χ1n) is 7.33. The minimum absolute atomic E-state index is 0.157. The Bertz CT molecular complexity index is 575. The molecule has 118 valence electrons. The number of fused-ring (bicyclic) bond motifs is 1. The normalized spacial score (nSPS) is 16.9. The molecule has 7 heteroatoms. The largest absolute Gasteiger partial charge is 0.486 e. The first kappa shape index (κ1) is 14.5. The summed E-state index contributed by atoms with van der Waals surface area (Å²) in [4.78, 5) is 25.0. The Labute approximate surface area is 128 Å². The molecule has 0 radical (unpaired) electrons. The third-order valence-electron chi connectivity index (χ3n) is 3.49. The molecule has 0 aliphatic carbocycles. The Kier molecular flexibility index (Phi) is 4.32. The molecule has 0 bridgehead atoms. The van der Waals surface area contributed by atoms with E-state index in [1.807, 2.05) is 0 Å². The molecule has 0 spiro atoms. The lowest BCUT2D eigenvalue weighted by molar-refractivity contribution is -0.116. The van der Waals surface area contributed by atoms with Gasteiger partial charge in [-0.25, -0.2) is 4.79 Å². The fraction of sp³-hybridized carbons (Fsp3) is 0.467. The van der Waals surface area contributed by atoms with Crippen molar-refractivity contribution in [1.29, 1.82) is 0 Å². The molecule has 2 heterocycles. The number of anilines is 1.